The molecule has 4 rings (SSSR count). The molecule has 32 heavy (non-hydrogen) atoms. The average Bonchev–Trinajstić information content (AvgIpc) is 2.78. The van der Waals surface area contributed by atoms with E-state index < -0.39 is 0 Å². The predicted octanol–water partition coefficient (Wildman–Crippen LogP) is 3.51. The number of anilines is 2. The van der Waals surface area contributed by atoms with Crippen LogP contribution in [-0.4, -0.2) is 65.6 Å². The number of likely N-dealkylation sites (N-methyl/N-ethyl adjacent to an activating group) is 1. The van der Waals surface area contributed by atoms with Gasteiger partial charge in [-0.15, -0.1) is 0 Å². The molecule has 7 nitrogen and oxygen atoms in total. The van der Waals surface area contributed by atoms with Crippen molar-refractivity contribution in [2.75, 3.05) is 50.4 Å². The summed E-state index contributed by atoms with van der Waals surface area (Å²) >= 11 is 0. The van der Waals surface area contributed by atoms with Crippen LogP contribution in [0.3, 0.4) is 0 Å². The summed E-state index contributed by atoms with van der Waals surface area (Å²) in [5, 5.41) is 0. The second-order valence-corrected chi connectivity index (χ2v) is 9.03. The fourth-order valence-electron chi connectivity index (χ4n) is 4.37. The Bertz CT molecular complexity index is 965. The predicted molar refractivity (Wildman–Crippen MR) is 130 cm³/mol. The molecule has 1 aromatic carbocycles. The average molecular weight is 437 g/mol. The minimum atomic E-state index is 0.164. The van der Waals surface area contributed by atoms with E-state index in [2.05, 4.69) is 82.8 Å². The van der Waals surface area contributed by atoms with E-state index >= 15 is 0 Å². The molecule has 7 heteroatoms. The molecule has 0 aliphatic carbocycles. The SMILES string of the molecule is CC/C=C(/OC(C)C)N1CCc2ccc(-c3cc(N4CCN(C)CC4)nc(N)n3)cc2C1. The second-order valence-electron chi connectivity index (χ2n) is 9.03. The first-order chi connectivity index (χ1) is 15.4. The third kappa shape index (κ3) is 5.15. The highest BCUT2D eigenvalue weighted by Crippen LogP contribution is 2.29. The van der Waals surface area contributed by atoms with E-state index in [1.54, 1.807) is 0 Å². The number of ether oxygens (including phenoxy) is 1. The summed E-state index contributed by atoms with van der Waals surface area (Å²) in [4.78, 5) is 16.1. The van der Waals surface area contributed by atoms with Crippen molar-refractivity contribution in [2.45, 2.75) is 46.3 Å². The van der Waals surface area contributed by atoms with Gasteiger partial charge in [0.25, 0.3) is 0 Å². The fourth-order valence-corrected chi connectivity index (χ4v) is 4.37. The highest BCUT2D eigenvalue weighted by molar-refractivity contribution is 5.66. The smallest absolute Gasteiger partial charge is 0.222 e. The molecular formula is C25H36N6O. The molecule has 2 aliphatic rings. The zero-order valence-electron chi connectivity index (χ0n) is 19.8. The summed E-state index contributed by atoms with van der Waals surface area (Å²) in [5.74, 6) is 2.23. The molecule has 0 spiro atoms. The molecule has 0 atom stereocenters. The van der Waals surface area contributed by atoms with Gasteiger partial charge in [-0.1, -0.05) is 19.1 Å². The monoisotopic (exact) mass is 436 g/mol. The third-order valence-electron chi connectivity index (χ3n) is 6.12. The molecule has 0 saturated carbocycles. The highest BCUT2D eigenvalue weighted by Gasteiger charge is 2.21. The molecule has 172 valence electrons. The molecule has 1 saturated heterocycles. The van der Waals surface area contributed by atoms with Crippen molar-refractivity contribution in [2.24, 2.45) is 0 Å². The number of nitrogens with zero attached hydrogens (tertiary/aromatic N) is 5. The summed E-state index contributed by atoms with van der Waals surface area (Å²) in [6.07, 6.45) is 4.32. The summed E-state index contributed by atoms with van der Waals surface area (Å²) in [5.41, 5.74) is 10.8. The van der Waals surface area contributed by atoms with Crippen molar-refractivity contribution in [1.29, 1.82) is 0 Å². The number of nitrogens with two attached hydrogens (primary N) is 1. The molecule has 0 amide bonds. The Morgan fingerprint density at radius 1 is 1.09 bits per heavy atom. The van der Waals surface area contributed by atoms with Crippen LogP contribution in [0, 0.1) is 0 Å². The van der Waals surface area contributed by atoms with Crippen molar-refractivity contribution >= 4 is 11.8 Å². The van der Waals surface area contributed by atoms with Gasteiger partial charge >= 0.3 is 0 Å². The lowest BCUT2D eigenvalue weighted by atomic mass is 9.96. The zero-order valence-corrected chi connectivity index (χ0v) is 19.8. The molecule has 3 heterocycles. The summed E-state index contributed by atoms with van der Waals surface area (Å²) < 4.78 is 6.11. The molecule has 1 aromatic heterocycles. The number of fused-ring (bicyclic) bond motifs is 1. The Balaban J connectivity index is 1.59. The van der Waals surface area contributed by atoms with Crippen LogP contribution < -0.4 is 10.6 Å². The number of aromatic nitrogens is 2. The maximum atomic E-state index is 6.12. The first kappa shape index (κ1) is 22.4. The van der Waals surface area contributed by atoms with Gasteiger partial charge in [0, 0.05) is 50.9 Å². The second kappa shape index (κ2) is 9.77. The fraction of sp³-hybridized carbons (Fsp3) is 0.520. The first-order valence-electron chi connectivity index (χ1n) is 11.7. The van der Waals surface area contributed by atoms with E-state index in [1.807, 2.05) is 0 Å². The van der Waals surface area contributed by atoms with Gasteiger partial charge in [-0.05, 0) is 57.0 Å². The van der Waals surface area contributed by atoms with Crippen molar-refractivity contribution in [1.82, 2.24) is 19.8 Å². The number of piperazine rings is 1. The van der Waals surface area contributed by atoms with Gasteiger partial charge in [-0.25, -0.2) is 4.98 Å². The number of benzene rings is 1. The number of nitrogen functional groups attached to an aromatic ring is 1. The van der Waals surface area contributed by atoms with Crippen LogP contribution in [0.4, 0.5) is 11.8 Å². The van der Waals surface area contributed by atoms with E-state index in [4.69, 9.17) is 10.5 Å². The summed E-state index contributed by atoms with van der Waals surface area (Å²) in [6, 6.07) is 8.74. The highest BCUT2D eigenvalue weighted by atomic mass is 16.5. The lowest BCUT2D eigenvalue weighted by molar-refractivity contribution is 0.0635. The van der Waals surface area contributed by atoms with E-state index in [-0.39, 0.29) is 6.10 Å². The van der Waals surface area contributed by atoms with Crippen LogP contribution in [-0.2, 0) is 17.7 Å². The van der Waals surface area contributed by atoms with Crippen LogP contribution in [0.15, 0.2) is 36.2 Å². The Hall–Kier alpha value is -2.80. The molecule has 0 unspecified atom stereocenters. The van der Waals surface area contributed by atoms with Crippen LogP contribution in [0.1, 0.15) is 38.3 Å². The third-order valence-corrected chi connectivity index (χ3v) is 6.12. The number of hydrogen-bond acceptors (Lipinski definition) is 7. The molecule has 0 radical (unpaired) electrons. The Kier molecular flexibility index (Phi) is 6.84. The zero-order chi connectivity index (χ0) is 22.7. The van der Waals surface area contributed by atoms with Crippen molar-refractivity contribution in [3.05, 3.63) is 47.4 Å². The normalized spacial score (nSPS) is 17.6. The maximum Gasteiger partial charge on any atom is 0.222 e. The van der Waals surface area contributed by atoms with E-state index in [1.165, 1.54) is 11.1 Å². The Morgan fingerprint density at radius 3 is 2.59 bits per heavy atom. The van der Waals surface area contributed by atoms with E-state index in [0.29, 0.717) is 5.95 Å². The topological polar surface area (TPSA) is 70.8 Å². The Morgan fingerprint density at radius 2 is 1.88 bits per heavy atom. The van der Waals surface area contributed by atoms with Crippen molar-refractivity contribution in [3.63, 3.8) is 0 Å². The van der Waals surface area contributed by atoms with Crippen LogP contribution in [0.2, 0.25) is 0 Å². The van der Waals surface area contributed by atoms with Crippen LogP contribution >= 0.6 is 0 Å². The number of rotatable bonds is 6. The molecular weight excluding hydrogens is 400 g/mol. The summed E-state index contributed by atoms with van der Waals surface area (Å²) in [6.45, 7) is 12.1. The lowest BCUT2D eigenvalue weighted by Crippen LogP contribution is -2.44. The van der Waals surface area contributed by atoms with Crippen molar-refractivity contribution < 1.29 is 4.74 Å². The molecule has 2 N–H and O–H groups in total. The van der Waals surface area contributed by atoms with Gasteiger partial charge in [-0.2, -0.15) is 4.98 Å². The Labute approximate surface area is 191 Å². The van der Waals surface area contributed by atoms with Crippen LogP contribution in [0.5, 0.6) is 0 Å². The quantitative estimate of drug-likeness (QED) is 0.695. The number of allylic oxidation sites excluding steroid dienone is 1. The van der Waals surface area contributed by atoms with Crippen molar-refractivity contribution in [3.8, 4) is 11.3 Å². The van der Waals surface area contributed by atoms with E-state index in [9.17, 15) is 0 Å². The van der Waals surface area contributed by atoms with Gasteiger partial charge < -0.3 is 25.2 Å². The largest absolute Gasteiger partial charge is 0.477 e. The lowest BCUT2D eigenvalue weighted by Gasteiger charge is -2.33. The number of hydrogen-bond donors (Lipinski definition) is 1. The molecule has 1 fully saturated rings. The first-order valence-corrected chi connectivity index (χ1v) is 11.7. The van der Waals surface area contributed by atoms with Crippen LogP contribution in [0.25, 0.3) is 11.3 Å². The standard InChI is InChI=1S/C25H36N6O/c1-5-6-24(32-18(2)3)31-10-9-19-7-8-20(15-21(19)17-31)22-16-23(28-25(26)27-22)30-13-11-29(4)12-14-30/h6-8,15-16,18H,5,9-14,17H2,1-4H3,(H2,26,27,28)/b24-6+. The van der Waals surface area contributed by atoms with Gasteiger partial charge in [-0.3, -0.25) is 0 Å². The van der Waals surface area contributed by atoms with Gasteiger partial charge in [0.1, 0.15) is 5.82 Å². The minimum absolute atomic E-state index is 0.164. The minimum Gasteiger partial charge on any atom is -0.477 e. The molecule has 2 aliphatic heterocycles. The van der Waals surface area contributed by atoms with Gasteiger partial charge in [0.2, 0.25) is 5.95 Å². The van der Waals surface area contributed by atoms with Gasteiger partial charge in [0.05, 0.1) is 11.8 Å². The maximum absolute atomic E-state index is 6.12. The molecule has 0 bridgehead atoms. The summed E-state index contributed by atoms with van der Waals surface area (Å²) in [7, 11) is 2.15. The van der Waals surface area contributed by atoms with Gasteiger partial charge in [0.15, 0.2) is 5.88 Å². The molecule has 2 aromatic rings. The van der Waals surface area contributed by atoms with E-state index in [0.717, 1.165) is 75.1 Å².